The number of benzene rings is 1. The predicted octanol–water partition coefficient (Wildman–Crippen LogP) is 1.38. The van der Waals surface area contributed by atoms with Crippen LogP contribution in [-0.2, 0) is 4.79 Å². The van der Waals surface area contributed by atoms with E-state index < -0.39 is 0 Å². The molecule has 0 fully saturated rings. The SMILES string of the molecule is CCC(NC)c1ccc(OCC(=O)NCC#N)cc1. The van der Waals surface area contributed by atoms with Gasteiger partial charge < -0.3 is 15.4 Å². The molecule has 2 N–H and O–H groups in total. The molecule has 1 rings (SSSR count). The summed E-state index contributed by atoms with van der Waals surface area (Å²) in [5, 5.41) is 14.0. The number of carbonyl (C=O) groups is 1. The maximum Gasteiger partial charge on any atom is 0.258 e. The fraction of sp³-hybridized carbons (Fsp3) is 0.429. The molecule has 0 spiro atoms. The van der Waals surface area contributed by atoms with E-state index in [1.165, 1.54) is 5.56 Å². The highest BCUT2D eigenvalue weighted by molar-refractivity contribution is 5.77. The van der Waals surface area contributed by atoms with Crippen LogP contribution in [0.4, 0.5) is 0 Å². The lowest BCUT2D eigenvalue weighted by Crippen LogP contribution is -2.29. The summed E-state index contributed by atoms with van der Waals surface area (Å²) in [5.74, 6) is 0.342. The molecule has 5 heteroatoms. The van der Waals surface area contributed by atoms with Crippen LogP contribution in [0.25, 0.3) is 0 Å². The van der Waals surface area contributed by atoms with Crippen molar-refractivity contribution < 1.29 is 9.53 Å². The maximum atomic E-state index is 11.2. The number of carbonyl (C=O) groups excluding carboxylic acids is 1. The number of amides is 1. The standard InChI is InChI=1S/C14H19N3O2/c1-3-13(16-2)11-4-6-12(7-5-11)19-10-14(18)17-9-8-15/h4-7,13,16H,3,9-10H2,1-2H3,(H,17,18). The first kappa shape index (κ1) is 15.0. The van der Waals surface area contributed by atoms with E-state index in [-0.39, 0.29) is 19.1 Å². The zero-order valence-corrected chi connectivity index (χ0v) is 11.3. The quantitative estimate of drug-likeness (QED) is 0.727. The lowest BCUT2D eigenvalue weighted by molar-refractivity contribution is -0.122. The molecule has 0 saturated heterocycles. The molecule has 1 amide bonds. The van der Waals surface area contributed by atoms with E-state index in [9.17, 15) is 4.79 Å². The average molecular weight is 261 g/mol. The number of nitrogens with zero attached hydrogens (tertiary/aromatic N) is 1. The van der Waals surface area contributed by atoms with Crippen molar-refractivity contribution in [3.63, 3.8) is 0 Å². The Morgan fingerprint density at radius 1 is 1.42 bits per heavy atom. The van der Waals surface area contributed by atoms with Gasteiger partial charge in [-0.05, 0) is 31.2 Å². The summed E-state index contributed by atoms with van der Waals surface area (Å²) in [5.41, 5.74) is 1.19. The fourth-order valence-corrected chi connectivity index (χ4v) is 1.74. The van der Waals surface area contributed by atoms with Crippen molar-refractivity contribution in [2.24, 2.45) is 0 Å². The minimum atomic E-state index is -0.299. The number of hydrogen-bond donors (Lipinski definition) is 2. The van der Waals surface area contributed by atoms with Crippen LogP contribution in [0.2, 0.25) is 0 Å². The predicted molar refractivity (Wildman–Crippen MR) is 72.7 cm³/mol. The summed E-state index contributed by atoms with van der Waals surface area (Å²) >= 11 is 0. The highest BCUT2D eigenvalue weighted by Crippen LogP contribution is 2.19. The van der Waals surface area contributed by atoms with E-state index in [1.807, 2.05) is 37.4 Å². The second-order valence-electron chi connectivity index (χ2n) is 4.04. The van der Waals surface area contributed by atoms with Gasteiger partial charge in [-0.1, -0.05) is 19.1 Å². The van der Waals surface area contributed by atoms with Crippen LogP contribution >= 0.6 is 0 Å². The van der Waals surface area contributed by atoms with Crippen molar-refractivity contribution in [3.05, 3.63) is 29.8 Å². The van der Waals surface area contributed by atoms with Gasteiger partial charge in [-0.3, -0.25) is 4.79 Å². The molecular weight excluding hydrogens is 242 g/mol. The molecule has 0 bridgehead atoms. The second kappa shape index (κ2) is 8.11. The molecule has 102 valence electrons. The number of nitriles is 1. The van der Waals surface area contributed by atoms with Gasteiger partial charge in [0.05, 0.1) is 6.07 Å². The lowest BCUT2D eigenvalue weighted by Gasteiger charge is -2.14. The van der Waals surface area contributed by atoms with Gasteiger partial charge in [0, 0.05) is 6.04 Å². The Kier molecular flexibility index (Phi) is 6.41. The van der Waals surface area contributed by atoms with Crippen LogP contribution in [0, 0.1) is 11.3 Å². The number of hydrogen-bond acceptors (Lipinski definition) is 4. The van der Waals surface area contributed by atoms with Crippen molar-refractivity contribution >= 4 is 5.91 Å². The van der Waals surface area contributed by atoms with Crippen LogP contribution in [0.1, 0.15) is 24.9 Å². The molecule has 1 atom stereocenters. The number of nitrogens with one attached hydrogen (secondary N) is 2. The van der Waals surface area contributed by atoms with E-state index in [0.29, 0.717) is 11.8 Å². The molecule has 0 aliphatic rings. The molecular formula is C14H19N3O2. The smallest absolute Gasteiger partial charge is 0.258 e. The van der Waals surface area contributed by atoms with Crippen LogP contribution < -0.4 is 15.4 Å². The average Bonchev–Trinajstić information content (AvgIpc) is 2.45. The first-order valence-corrected chi connectivity index (χ1v) is 6.25. The van der Waals surface area contributed by atoms with Gasteiger partial charge in [0.2, 0.25) is 0 Å². The molecule has 0 saturated carbocycles. The van der Waals surface area contributed by atoms with Gasteiger partial charge in [0.25, 0.3) is 5.91 Å². The van der Waals surface area contributed by atoms with Crippen molar-refractivity contribution in [3.8, 4) is 11.8 Å². The van der Waals surface area contributed by atoms with Crippen LogP contribution in [0.5, 0.6) is 5.75 Å². The summed E-state index contributed by atoms with van der Waals surface area (Å²) in [7, 11) is 1.93. The normalized spacial score (nSPS) is 11.4. The van der Waals surface area contributed by atoms with Gasteiger partial charge in [0.15, 0.2) is 6.61 Å². The second-order valence-corrected chi connectivity index (χ2v) is 4.04. The molecule has 5 nitrogen and oxygen atoms in total. The summed E-state index contributed by atoms with van der Waals surface area (Å²) in [4.78, 5) is 11.2. The molecule has 1 aromatic rings. The van der Waals surface area contributed by atoms with Crippen LogP contribution in [0.15, 0.2) is 24.3 Å². The maximum absolute atomic E-state index is 11.2. The zero-order chi connectivity index (χ0) is 14.1. The van der Waals surface area contributed by atoms with Gasteiger partial charge >= 0.3 is 0 Å². The Balaban J connectivity index is 2.48. The molecule has 1 aromatic carbocycles. The Labute approximate surface area is 113 Å². The van der Waals surface area contributed by atoms with E-state index in [0.717, 1.165) is 6.42 Å². The summed E-state index contributed by atoms with van der Waals surface area (Å²) in [6.07, 6.45) is 1.01. The van der Waals surface area contributed by atoms with E-state index in [1.54, 1.807) is 0 Å². The molecule has 0 aromatic heterocycles. The highest BCUT2D eigenvalue weighted by atomic mass is 16.5. The van der Waals surface area contributed by atoms with Crippen molar-refractivity contribution in [1.29, 1.82) is 5.26 Å². The number of ether oxygens (including phenoxy) is 1. The Morgan fingerprint density at radius 3 is 2.63 bits per heavy atom. The van der Waals surface area contributed by atoms with Gasteiger partial charge in [-0.2, -0.15) is 5.26 Å². The van der Waals surface area contributed by atoms with Crippen molar-refractivity contribution in [2.75, 3.05) is 20.2 Å². The van der Waals surface area contributed by atoms with Gasteiger partial charge in [-0.25, -0.2) is 0 Å². The zero-order valence-electron chi connectivity index (χ0n) is 11.3. The Bertz CT molecular complexity index is 433. The summed E-state index contributed by atoms with van der Waals surface area (Å²) < 4.78 is 5.32. The van der Waals surface area contributed by atoms with Gasteiger partial charge in [0.1, 0.15) is 12.3 Å². The topological polar surface area (TPSA) is 74.2 Å². The van der Waals surface area contributed by atoms with Crippen LogP contribution in [-0.4, -0.2) is 26.1 Å². The molecule has 19 heavy (non-hydrogen) atoms. The van der Waals surface area contributed by atoms with E-state index >= 15 is 0 Å². The third kappa shape index (κ3) is 4.98. The third-order valence-electron chi connectivity index (χ3n) is 2.77. The summed E-state index contributed by atoms with van der Waals surface area (Å²) in [6, 6.07) is 9.80. The molecule has 0 aliphatic heterocycles. The molecule has 1 unspecified atom stereocenters. The van der Waals surface area contributed by atoms with E-state index in [4.69, 9.17) is 10.00 Å². The van der Waals surface area contributed by atoms with Crippen molar-refractivity contribution in [2.45, 2.75) is 19.4 Å². The summed E-state index contributed by atoms with van der Waals surface area (Å²) in [6.45, 7) is 2.04. The van der Waals surface area contributed by atoms with Gasteiger partial charge in [-0.15, -0.1) is 0 Å². The Hall–Kier alpha value is -2.06. The first-order chi connectivity index (χ1) is 9.21. The minimum absolute atomic E-state index is 0.00147. The molecule has 0 radical (unpaired) electrons. The minimum Gasteiger partial charge on any atom is -0.484 e. The lowest BCUT2D eigenvalue weighted by atomic mass is 10.1. The fourth-order valence-electron chi connectivity index (χ4n) is 1.74. The Morgan fingerprint density at radius 2 is 2.11 bits per heavy atom. The molecule has 0 aliphatic carbocycles. The van der Waals surface area contributed by atoms with Crippen molar-refractivity contribution in [1.82, 2.24) is 10.6 Å². The van der Waals surface area contributed by atoms with E-state index in [2.05, 4.69) is 17.6 Å². The third-order valence-corrected chi connectivity index (χ3v) is 2.77. The largest absolute Gasteiger partial charge is 0.484 e. The number of rotatable bonds is 7. The molecule has 0 heterocycles. The highest BCUT2D eigenvalue weighted by Gasteiger charge is 2.06. The monoisotopic (exact) mass is 261 g/mol. The first-order valence-electron chi connectivity index (χ1n) is 6.25. The van der Waals surface area contributed by atoms with Crippen LogP contribution in [0.3, 0.4) is 0 Å².